The zero-order valence-corrected chi connectivity index (χ0v) is 23.9. The van der Waals surface area contributed by atoms with Crippen LogP contribution in [-0.4, -0.2) is 73.1 Å². The van der Waals surface area contributed by atoms with Crippen LogP contribution in [0.3, 0.4) is 0 Å². The molecule has 1 heterocycles. The van der Waals surface area contributed by atoms with Crippen molar-refractivity contribution < 1.29 is 28.9 Å². The Morgan fingerprint density at radius 2 is 1.74 bits per heavy atom. The molecule has 2 aromatic rings. The molecule has 3 rings (SSSR count). The first kappa shape index (κ1) is 30.0. The highest BCUT2D eigenvalue weighted by Gasteiger charge is 2.46. The molecule has 0 spiro atoms. The van der Waals surface area contributed by atoms with E-state index in [0.717, 1.165) is 32.4 Å². The number of carbonyl (C=O) groups is 2. The number of likely N-dealkylation sites (tertiary alicyclic amines) is 1. The summed E-state index contributed by atoms with van der Waals surface area (Å²) in [4.78, 5) is 30.5. The molecule has 1 aliphatic heterocycles. The third-order valence-electron chi connectivity index (χ3n) is 7.02. The standard InChI is InChI=1S/C31H42N2O6/c1-6-10-11-19-39-25-16-15-22(21-26(25)37-5)28-27(29(34)23-13-12-14-24(20-23)38-9-4)30(35)31(36)33(28)18-17-32(7-2)8-3/h12-16,20-21,28,34H,6-11,17-19H2,1-5H3/b29-27+. The predicted molar refractivity (Wildman–Crippen MR) is 152 cm³/mol. The van der Waals surface area contributed by atoms with Crippen molar-refractivity contribution in [3.8, 4) is 17.2 Å². The Kier molecular flexibility index (Phi) is 11.2. The van der Waals surface area contributed by atoms with Gasteiger partial charge in [-0.3, -0.25) is 9.59 Å². The van der Waals surface area contributed by atoms with Crippen LogP contribution in [0.2, 0.25) is 0 Å². The van der Waals surface area contributed by atoms with Crippen LogP contribution >= 0.6 is 0 Å². The maximum absolute atomic E-state index is 13.4. The highest BCUT2D eigenvalue weighted by Crippen LogP contribution is 2.42. The lowest BCUT2D eigenvalue weighted by molar-refractivity contribution is -0.140. The van der Waals surface area contributed by atoms with Gasteiger partial charge in [0.05, 0.1) is 31.9 Å². The summed E-state index contributed by atoms with van der Waals surface area (Å²) >= 11 is 0. The maximum Gasteiger partial charge on any atom is 0.295 e. The van der Waals surface area contributed by atoms with E-state index >= 15 is 0 Å². The first-order valence-corrected chi connectivity index (χ1v) is 13.9. The van der Waals surface area contributed by atoms with E-state index in [2.05, 4.69) is 25.7 Å². The molecule has 1 unspecified atom stereocenters. The molecule has 1 amide bonds. The molecule has 1 saturated heterocycles. The van der Waals surface area contributed by atoms with Crippen LogP contribution in [0.25, 0.3) is 5.76 Å². The van der Waals surface area contributed by atoms with Crippen LogP contribution in [-0.2, 0) is 9.59 Å². The van der Waals surface area contributed by atoms with Crippen molar-refractivity contribution in [3.05, 3.63) is 59.2 Å². The van der Waals surface area contributed by atoms with E-state index in [1.807, 2.05) is 13.0 Å². The molecule has 212 valence electrons. The zero-order valence-electron chi connectivity index (χ0n) is 23.9. The van der Waals surface area contributed by atoms with Crippen molar-refractivity contribution >= 4 is 17.4 Å². The van der Waals surface area contributed by atoms with E-state index in [4.69, 9.17) is 14.2 Å². The summed E-state index contributed by atoms with van der Waals surface area (Å²) in [7, 11) is 1.56. The normalized spacial score (nSPS) is 16.7. The van der Waals surface area contributed by atoms with Gasteiger partial charge >= 0.3 is 0 Å². The minimum absolute atomic E-state index is 0.0480. The van der Waals surface area contributed by atoms with Gasteiger partial charge in [0, 0.05) is 18.7 Å². The summed E-state index contributed by atoms with van der Waals surface area (Å²) in [5, 5.41) is 11.4. The van der Waals surface area contributed by atoms with Crippen LogP contribution in [0.5, 0.6) is 17.2 Å². The number of likely N-dealkylation sites (N-methyl/N-ethyl adjacent to an activating group) is 1. The lowest BCUT2D eigenvalue weighted by Crippen LogP contribution is -2.38. The fourth-order valence-electron chi connectivity index (χ4n) is 4.81. The van der Waals surface area contributed by atoms with Crippen molar-refractivity contribution in [1.29, 1.82) is 0 Å². The number of ether oxygens (including phenoxy) is 3. The second-order valence-corrected chi connectivity index (χ2v) is 9.45. The summed E-state index contributed by atoms with van der Waals surface area (Å²) in [6.45, 7) is 11.8. The number of ketones is 1. The van der Waals surface area contributed by atoms with Crippen LogP contribution in [0.15, 0.2) is 48.0 Å². The van der Waals surface area contributed by atoms with Gasteiger partial charge in [0.1, 0.15) is 11.5 Å². The van der Waals surface area contributed by atoms with Gasteiger partial charge in [-0.25, -0.2) is 0 Å². The smallest absolute Gasteiger partial charge is 0.295 e. The van der Waals surface area contributed by atoms with Crippen LogP contribution < -0.4 is 14.2 Å². The summed E-state index contributed by atoms with van der Waals surface area (Å²) in [5.74, 6) is 0.106. The quantitative estimate of drug-likeness (QED) is 0.140. The monoisotopic (exact) mass is 538 g/mol. The number of amides is 1. The number of rotatable bonds is 15. The van der Waals surface area contributed by atoms with Crippen LogP contribution in [0, 0.1) is 0 Å². The van der Waals surface area contributed by atoms with E-state index in [0.29, 0.717) is 54.7 Å². The van der Waals surface area contributed by atoms with E-state index in [9.17, 15) is 14.7 Å². The highest BCUT2D eigenvalue weighted by atomic mass is 16.5. The van der Waals surface area contributed by atoms with E-state index in [1.165, 1.54) is 0 Å². The van der Waals surface area contributed by atoms with Crippen molar-refractivity contribution in [2.24, 2.45) is 0 Å². The number of aliphatic hydroxyl groups excluding tert-OH is 1. The Morgan fingerprint density at radius 1 is 0.974 bits per heavy atom. The van der Waals surface area contributed by atoms with Crippen molar-refractivity contribution in [3.63, 3.8) is 0 Å². The second-order valence-electron chi connectivity index (χ2n) is 9.45. The van der Waals surface area contributed by atoms with Gasteiger partial charge in [-0.15, -0.1) is 0 Å². The minimum atomic E-state index is -0.778. The number of methoxy groups -OCH3 is 1. The molecular formula is C31H42N2O6. The molecule has 1 N–H and O–H groups in total. The molecule has 0 aliphatic carbocycles. The number of hydrogen-bond acceptors (Lipinski definition) is 7. The Balaban J connectivity index is 2.08. The third-order valence-corrected chi connectivity index (χ3v) is 7.02. The number of hydrogen-bond donors (Lipinski definition) is 1. The van der Waals surface area contributed by atoms with Crippen molar-refractivity contribution in [2.75, 3.05) is 46.5 Å². The van der Waals surface area contributed by atoms with Crippen molar-refractivity contribution in [1.82, 2.24) is 9.80 Å². The van der Waals surface area contributed by atoms with E-state index in [1.54, 1.807) is 48.4 Å². The number of benzene rings is 2. The predicted octanol–water partition coefficient (Wildman–Crippen LogP) is 5.43. The van der Waals surface area contributed by atoms with Crippen molar-refractivity contribution in [2.45, 2.75) is 53.0 Å². The number of carbonyl (C=O) groups excluding carboxylic acids is 2. The SMILES string of the molecule is CCCCCOc1ccc(C2/C(=C(\O)c3cccc(OCC)c3)C(=O)C(=O)N2CCN(CC)CC)cc1OC. The average Bonchev–Trinajstić information content (AvgIpc) is 3.21. The largest absolute Gasteiger partial charge is 0.507 e. The maximum atomic E-state index is 13.4. The Morgan fingerprint density at radius 3 is 2.41 bits per heavy atom. The van der Waals surface area contributed by atoms with Gasteiger partial charge < -0.3 is 29.1 Å². The van der Waals surface area contributed by atoms with Gasteiger partial charge in [-0.05, 0) is 56.3 Å². The Hall–Kier alpha value is -3.52. The summed E-state index contributed by atoms with van der Waals surface area (Å²) < 4.78 is 17.2. The summed E-state index contributed by atoms with van der Waals surface area (Å²) in [6.07, 6.45) is 3.11. The molecule has 1 atom stereocenters. The molecule has 2 aromatic carbocycles. The third kappa shape index (κ3) is 7.12. The lowest BCUT2D eigenvalue weighted by Gasteiger charge is -2.28. The minimum Gasteiger partial charge on any atom is -0.507 e. The second kappa shape index (κ2) is 14.6. The molecule has 1 aliphatic rings. The fraction of sp³-hybridized carbons (Fsp3) is 0.484. The van der Waals surface area contributed by atoms with E-state index < -0.39 is 17.7 Å². The molecule has 0 bridgehead atoms. The number of Topliss-reactive ketones (excluding diaryl/α,β-unsaturated/α-hetero) is 1. The molecule has 8 heteroatoms. The summed E-state index contributed by atoms with van der Waals surface area (Å²) in [5.41, 5.74) is 1.12. The molecule has 0 radical (unpaired) electrons. The van der Waals surface area contributed by atoms with Gasteiger partial charge in [0.15, 0.2) is 11.5 Å². The van der Waals surface area contributed by atoms with E-state index in [-0.39, 0.29) is 11.3 Å². The summed E-state index contributed by atoms with van der Waals surface area (Å²) in [6, 6.07) is 11.6. The molecule has 1 fully saturated rings. The van der Waals surface area contributed by atoms with Gasteiger partial charge in [-0.2, -0.15) is 0 Å². The first-order chi connectivity index (χ1) is 18.9. The van der Waals surface area contributed by atoms with Crippen LogP contribution in [0.1, 0.15) is 64.1 Å². The lowest BCUT2D eigenvalue weighted by atomic mass is 9.95. The molecular weight excluding hydrogens is 496 g/mol. The first-order valence-electron chi connectivity index (χ1n) is 13.9. The Bertz CT molecular complexity index is 1160. The number of nitrogens with zero attached hydrogens (tertiary/aromatic N) is 2. The number of unbranched alkanes of at least 4 members (excludes halogenated alkanes) is 2. The Labute approximate surface area is 232 Å². The molecule has 0 aromatic heterocycles. The highest BCUT2D eigenvalue weighted by molar-refractivity contribution is 6.46. The molecule has 8 nitrogen and oxygen atoms in total. The van der Waals surface area contributed by atoms with Gasteiger partial charge in [-0.1, -0.05) is 51.8 Å². The topological polar surface area (TPSA) is 88.5 Å². The van der Waals surface area contributed by atoms with Gasteiger partial charge in [0.2, 0.25) is 0 Å². The molecule has 39 heavy (non-hydrogen) atoms. The van der Waals surface area contributed by atoms with Gasteiger partial charge in [0.25, 0.3) is 11.7 Å². The average molecular weight is 539 g/mol. The number of aliphatic hydroxyl groups is 1. The zero-order chi connectivity index (χ0) is 28.4. The van der Waals surface area contributed by atoms with Crippen LogP contribution in [0.4, 0.5) is 0 Å². The fourth-order valence-corrected chi connectivity index (χ4v) is 4.81. The molecule has 0 saturated carbocycles.